The molecule has 0 unspecified atom stereocenters. The first-order valence-corrected chi connectivity index (χ1v) is 12.3. The molecule has 8 heteroatoms. The lowest BCUT2D eigenvalue weighted by Crippen LogP contribution is -2.21. The minimum absolute atomic E-state index is 0.307. The van der Waals surface area contributed by atoms with Gasteiger partial charge in [0.2, 0.25) is 11.8 Å². The number of amides is 2. The molecule has 188 valence electrons. The predicted octanol–water partition coefficient (Wildman–Crippen LogP) is 6.20. The van der Waals surface area contributed by atoms with Gasteiger partial charge in [-0.15, -0.1) is 0 Å². The molecular formula is C30H24ClN5O2. The Morgan fingerprint density at radius 1 is 0.921 bits per heavy atom. The van der Waals surface area contributed by atoms with Gasteiger partial charge in [-0.05, 0) is 46.3 Å². The van der Waals surface area contributed by atoms with Gasteiger partial charge in [0, 0.05) is 29.9 Å². The van der Waals surface area contributed by atoms with Crippen molar-refractivity contribution in [2.45, 2.75) is 6.42 Å². The van der Waals surface area contributed by atoms with Gasteiger partial charge in [0.05, 0.1) is 0 Å². The van der Waals surface area contributed by atoms with E-state index in [1.165, 1.54) is 0 Å². The van der Waals surface area contributed by atoms with Crippen LogP contribution in [0.4, 0.5) is 17.3 Å². The van der Waals surface area contributed by atoms with E-state index in [1.807, 2.05) is 72.6 Å². The number of anilines is 3. The third-order valence-electron chi connectivity index (χ3n) is 6.13. The summed E-state index contributed by atoms with van der Waals surface area (Å²) in [7, 11) is 1.91. The number of rotatable bonds is 7. The van der Waals surface area contributed by atoms with Crippen molar-refractivity contribution in [2.24, 2.45) is 5.73 Å². The van der Waals surface area contributed by atoms with Crippen molar-refractivity contribution >= 4 is 51.5 Å². The fourth-order valence-corrected chi connectivity index (χ4v) is 4.76. The average molecular weight is 522 g/mol. The molecule has 5 aromatic rings. The molecule has 0 saturated heterocycles. The number of carbonyl (C=O) groups is 2. The molecule has 0 bridgehead atoms. The number of halogens is 1. The molecule has 0 saturated carbocycles. The minimum atomic E-state index is -0.696. The fourth-order valence-electron chi connectivity index (χ4n) is 4.47. The van der Waals surface area contributed by atoms with E-state index >= 15 is 0 Å². The van der Waals surface area contributed by atoms with E-state index in [0.29, 0.717) is 16.7 Å². The summed E-state index contributed by atoms with van der Waals surface area (Å²) in [4.78, 5) is 34.6. The van der Waals surface area contributed by atoms with Gasteiger partial charge in [-0.25, -0.2) is 9.97 Å². The second-order valence-corrected chi connectivity index (χ2v) is 9.07. The lowest BCUT2D eigenvalue weighted by Gasteiger charge is -2.23. The molecule has 0 aliphatic heterocycles. The monoisotopic (exact) mass is 521 g/mol. The Kier molecular flexibility index (Phi) is 7.02. The molecule has 2 aromatic heterocycles. The molecule has 2 amide bonds. The zero-order valence-electron chi connectivity index (χ0n) is 20.6. The summed E-state index contributed by atoms with van der Waals surface area (Å²) >= 11 is 6.89. The highest BCUT2D eigenvalue weighted by atomic mass is 35.5. The Hall–Kier alpha value is -4.75. The maximum absolute atomic E-state index is 12.1. The number of hydrogen-bond acceptors (Lipinski definition) is 5. The van der Waals surface area contributed by atoms with E-state index in [-0.39, 0.29) is 0 Å². The maximum atomic E-state index is 12.1. The van der Waals surface area contributed by atoms with Gasteiger partial charge in [0.1, 0.15) is 23.2 Å². The fraction of sp³-hybridized carbons (Fsp3) is 0.0667. The molecular weight excluding hydrogens is 498 g/mol. The molecule has 0 spiro atoms. The van der Waals surface area contributed by atoms with Crippen molar-refractivity contribution in [3.8, 4) is 22.3 Å². The highest BCUT2D eigenvalue weighted by Gasteiger charge is 2.21. The van der Waals surface area contributed by atoms with Crippen LogP contribution >= 0.6 is 11.6 Å². The van der Waals surface area contributed by atoms with E-state index in [0.717, 1.165) is 38.8 Å². The zero-order valence-corrected chi connectivity index (χ0v) is 21.3. The summed E-state index contributed by atoms with van der Waals surface area (Å²) in [5.74, 6) is 0.213. The Labute approximate surface area is 224 Å². The van der Waals surface area contributed by atoms with Crippen LogP contribution in [-0.4, -0.2) is 28.8 Å². The molecule has 3 N–H and O–H groups in total. The van der Waals surface area contributed by atoms with Crippen molar-refractivity contribution in [1.29, 1.82) is 0 Å². The molecule has 0 aliphatic rings. The van der Waals surface area contributed by atoms with Gasteiger partial charge >= 0.3 is 0 Å². The summed E-state index contributed by atoms with van der Waals surface area (Å²) in [5, 5.41) is 4.83. The standard InChI is InChI=1S/C30H24ClN5O2/c1-36(25-15-5-6-16-33-25)30-28-22(19-9-3-2-4-10-19)13-8-14-23(28)27(29(31)35-30)20-11-7-12-21(17-20)34-26(38)18-24(32)37/h2-17H,18H2,1H3,(H2,32,37)(H,34,38). The Morgan fingerprint density at radius 2 is 1.66 bits per heavy atom. The van der Waals surface area contributed by atoms with Crippen LogP contribution < -0.4 is 16.0 Å². The van der Waals surface area contributed by atoms with Crippen LogP contribution in [0, 0.1) is 0 Å². The van der Waals surface area contributed by atoms with Crippen molar-refractivity contribution < 1.29 is 9.59 Å². The minimum Gasteiger partial charge on any atom is -0.369 e. The molecule has 3 aromatic carbocycles. The Morgan fingerprint density at radius 3 is 2.39 bits per heavy atom. The van der Waals surface area contributed by atoms with Crippen LogP contribution in [0.25, 0.3) is 33.0 Å². The van der Waals surface area contributed by atoms with E-state index in [1.54, 1.807) is 18.3 Å². The highest BCUT2D eigenvalue weighted by molar-refractivity contribution is 6.34. The summed E-state index contributed by atoms with van der Waals surface area (Å²) in [6.07, 6.45) is 1.34. The number of pyridine rings is 2. The second-order valence-electron chi connectivity index (χ2n) is 8.71. The van der Waals surface area contributed by atoms with Gasteiger partial charge in [0.15, 0.2) is 0 Å². The molecule has 2 heterocycles. The molecule has 0 atom stereocenters. The maximum Gasteiger partial charge on any atom is 0.233 e. The highest BCUT2D eigenvalue weighted by Crippen LogP contribution is 2.43. The number of hydrogen-bond donors (Lipinski definition) is 2. The predicted molar refractivity (Wildman–Crippen MR) is 152 cm³/mol. The molecule has 0 radical (unpaired) electrons. The largest absolute Gasteiger partial charge is 0.369 e. The summed E-state index contributed by atoms with van der Waals surface area (Å²) < 4.78 is 0. The van der Waals surface area contributed by atoms with Crippen LogP contribution in [0.15, 0.2) is 97.2 Å². The van der Waals surface area contributed by atoms with E-state index < -0.39 is 18.2 Å². The van der Waals surface area contributed by atoms with Crippen LogP contribution in [0.3, 0.4) is 0 Å². The molecule has 7 nitrogen and oxygen atoms in total. The lowest BCUT2D eigenvalue weighted by molar-refractivity contribution is -0.124. The number of nitrogens with one attached hydrogen (secondary N) is 1. The van der Waals surface area contributed by atoms with Gasteiger partial charge < -0.3 is 16.0 Å². The van der Waals surface area contributed by atoms with Crippen molar-refractivity contribution in [1.82, 2.24) is 9.97 Å². The first-order valence-electron chi connectivity index (χ1n) is 11.9. The summed E-state index contributed by atoms with van der Waals surface area (Å²) in [6, 6.07) is 29.1. The average Bonchev–Trinajstić information content (AvgIpc) is 2.92. The van der Waals surface area contributed by atoms with Crippen LogP contribution in [0.2, 0.25) is 5.15 Å². The van der Waals surface area contributed by atoms with Crippen molar-refractivity contribution in [3.05, 3.63) is 102 Å². The normalized spacial score (nSPS) is 10.8. The summed E-state index contributed by atoms with van der Waals surface area (Å²) in [6.45, 7) is 0. The number of nitrogens with zero attached hydrogens (tertiary/aromatic N) is 3. The zero-order chi connectivity index (χ0) is 26.6. The number of nitrogens with two attached hydrogens (primary N) is 1. The molecule has 5 rings (SSSR count). The molecule has 0 aliphatic carbocycles. The van der Waals surface area contributed by atoms with Gasteiger partial charge in [0.25, 0.3) is 0 Å². The van der Waals surface area contributed by atoms with E-state index in [2.05, 4.69) is 28.5 Å². The number of aromatic nitrogens is 2. The Bertz CT molecular complexity index is 1640. The van der Waals surface area contributed by atoms with Gasteiger partial charge in [-0.2, -0.15) is 0 Å². The van der Waals surface area contributed by atoms with Crippen molar-refractivity contribution in [3.63, 3.8) is 0 Å². The van der Waals surface area contributed by atoms with Gasteiger partial charge in [-0.3, -0.25) is 9.59 Å². The number of primary amides is 1. The van der Waals surface area contributed by atoms with Crippen LogP contribution in [0.1, 0.15) is 6.42 Å². The number of fused-ring (bicyclic) bond motifs is 1. The third-order valence-corrected chi connectivity index (χ3v) is 6.41. The van der Waals surface area contributed by atoms with Crippen LogP contribution in [-0.2, 0) is 9.59 Å². The van der Waals surface area contributed by atoms with E-state index in [4.69, 9.17) is 22.3 Å². The summed E-state index contributed by atoms with van der Waals surface area (Å²) in [5.41, 5.74) is 9.21. The molecule has 38 heavy (non-hydrogen) atoms. The lowest BCUT2D eigenvalue weighted by atomic mass is 9.93. The SMILES string of the molecule is CN(c1ccccn1)c1nc(Cl)c(-c2cccc(NC(=O)CC(N)=O)c2)c2cccc(-c3ccccc3)c12. The van der Waals surface area contributed by atoms with Crippen LogP contribution in [0.5, 0.6) is 0 Å². The first-order chi connectivity index (χ1) is 18.4. The molecule has 0 fully saturated rings. The first kappa shape index (κ1) is 24.9. The third kappa shape index (κ3) is 5.05. The van der Waals surface area contributed by atoms with Gasteiger partial charge in [-0.1, -0.05) is 78.3 Å². The van der Waals surface area contributed by atoms with Crippen molar-refractivity contribution in [2.75, 3.05) is 17.3 Å². The van der Waals surface area contributed by atoms with E-state index in [9.17, 15) is 9.59 Å². The quantitative estimate of drug-likeness (QED) is 0.196. The number of benzene rings is 3. The Balaban J connectivity index is 1.73. The second kappa shape index (κ2) is 10.7. The number of carbonyl (C=O) groups excluding carboxylic acids is 2. The smallest absolute Gasteiger partial charge is 0.233 e. The topological polar surface area (TPSA) is 101 Å².